The maximum Gasteiger partial charge on any atom is 0.177 e. The van der Waals surface area contributed by atoms with Crippen LogP contribution in [0.2, 0.25) is 0 Å². The van der Waals surface area contributed by atoms with Crippen molar-refractivity contribution < 1.29 is 4.39 Å². The van der Waals surface area contributed by atoms with Crippen molar-refractivity contribution in [2.75, 3.05) is 0 Å². The Morgan fingerprint density at radius 1 is 1.67 bits per heavy atom. The summed E-state index contributed by atoms with van der Waals surface area (Å²) in [5, 5.41) is 2.76. The molecule has 0 atom stereocenters. The summed E-state index contributed by atoms with van der Waals surface area (Å²) in [4.78, 5) is 0.884. The zero-order chi connectivity index (χ0) is 8.97. The molecule has 0 amide bonds. The van der Waals surface area contributed by atoms with Crippen molar-refractivity contribution in [2.45, 2.75) is 6.92 Å². The van der Waals surface area contributed by atoms with E-state index < -0.39 is 0 Å². The van der Waals surface area contributed by atoms with Crippen LogP contribution in [-0.2, 0) is 0 Å². The lowest BCUT2D eigenvalue weighted by Gasteiger charge is -2.01. The molecule has 0 unspecified atom stereocenters. The van der Waals surface area contributed by atoms with Crippen LogP contribution < -0.4 is 5.32 Å². The molecule has 0 aromatic carbocycles. The van der Waals surface area contributed by atoms with Gasteiger partial charge in [0.25, 0.3) is 0 Å². The summed E-state index contributed by atoms with van der Waals surface area (Å²) < 4.78 is 12.6. The Kier molecular flexibility index (Phi) is 3.05. The summed E-state index contributed by atoms with van der Waals surface area (Å²) in [6.45, 7) is 5.43. The number of thiophene rings is 1. The summed E-state index contributed by atoms with van der Waals surface area (Å²) in [6, 6.07) is 3.19. The first-order valence-corrected chi connectivity index (χ1v) is 4.39. The number of hydrogen-bond acceptors (Lipinski definition) is 2. The molecule has 0 aliphatic carbocycles. The van der Waals surface area contributed by atoms with Gasteiger partial charge in [-0.15, -0.1) is 11.3 Å². The third kappa shape index (κ3) is 1.95. The van der Waals surface area contributed by atoms with Crippen LogP contribution in [0.15, 0.2) is 31.0 Å². The normalized spacial score (nSPS) is 11.3. The molecule has 0 saturated heterocycles. The van der Waals surface area contributed by atoms with Gasteiger partial charge in [0.15, 0.2) is 5.13 Å². The van der Waals surface area contributed by atoms with Gasteiger partial charge in [0.05, 0.1) is 10.6 Å². The molecule has 3 heteroatoms. The van der Waals surface area contributed by atoms with Crippen LogP contribution in [0.25, 0.3) is 5.70 Å². The molecule has 0 saturated carbocycles. The Morgan fingerprint density at radius 3 is 2.83 bits per heavy atom. The topological polar surface area (TPSA) is 12.0 Å². The molecule has 0 bridgehead atoms. The van der Waals surface area contributed by atoms with E-state index in [0.717, 1.165) is 21.9 Å². The highest BCUT2D eigenvalue weighted by atomic mass is 32.1. The Hall–Kier alpha value is -1.09. The van der Waals surface area contributed by atoms with Crippen molar-refractivity contribution in [3.63, 3.8) is 0 Å². The van der Waals surface area contributed by atoms with Gasteiger partial charge in [-0.1, -0.05) is 12.7 Å². The number of hydrogen-bond donors (Lipinski definition) is 1. The monoisotopic (exact) mass is 183 g/mol. The van der Waals surface area contributed by atoms with E-state index in [9.17, 15) is 4.39 Å². The summed E-state index contributed by atoms with van der Waals surface area (Å²) >= 11 is 1.12. The van der Waals surface area contributed by atoms with E-state index in [4.69, 9.17) is 0 Å². The molecule has 64 valence electrons. The van der Waals surface area contributed by atoms with Crippen molar-refractivity contribution in [2.24, 2.45) is 0 Å². The summed E-state index contributed by atoms with van der Waals surface area (Å²) in [5.41, 5.74) is 0.888. The first-order chi connectivity index (χ1) is 5.77. The van der Waals surface area contributed by atoms with Crippen LogP contribution in [0.3, 0.4) is 0 Å². The van der Waals surface area contributed by atoms with Crippen LogP contribution in [0, 0.1) is 5.13 Å². The molecule has 1 aromatic heterocycles. The van der Waals surface area contributed by atoms with Gasteiger partial charge in [-0.2, -0.15) is 4.39 Å². The maximum absolute atomic E-state index is 12.6. The highest BCUT2D eigenvalue weighted by Gasteiger charge is 2.01. The van der Waals surface area contributed by atoms with E-state index in [2.05, 4.69) is 11.9 Å². The molecule has 0 radical (unpaired) electrons. The average molecular weight is 183 g/mol. The number of halogens is 1. The average Bonchev–Trinajstić information content (AvgIpc) is 2.47. The summed E-state index contributed by atoms with van der Waals surface area (Å²) in [7, 11) is 0. The fraction of sp³-hybridized carbons (Fsp3) is 0.111. The molecule has 1 rings (SSSR count). The predicted octanol–water partition coefficient (Wildman–Crippen LogP) is 2.98. The smallest absolute Gasteiger partial charge is 0.177 e. The van der Waals surface area contributed by atoms with E-state index >= 15 is 0 Å². The van der Waals surface area contributed by atoms with Crippen molar-refractivity contribution in [1.82, 2.24) is 5.32 Å². The molecule has 1 nitrogen and oxygen atoms in total. The molecular formula is C9H10FNS. The van der Waals surface area contributed by atoms with Gasteiger partial charge in [-0.3, -0.25) is 0 Å². The lowest BCUT2D eigenvalue weighted by atomic mass is 10.3. The van der Waals surface area contributed by atoms with Crippen LogP contribution in [0.4, 0.5) is 4.39 Å². The SMILES string of the molecule is C=CN/C(=C\C)c1ccc(F)s1. The first-order valence-electron chi connectivity index (χ1n) is 3.57. The van der Waals surface area contributed by atoms with Crippen LogP contribution in [-0.4, -0.2) is 0 Å². The Morgan fingerprint density at radius 2 is 2.42 bits per heavy atom. The quantitative estimate of drug-likeness (QED) is 0.759. The van der Waals surface area contributed by atoms with Gasteiger partial charge in [-0.05, 0) is 25.3 Å². The highest BCUT2D eigenvalue weighted by molar-refractivity contribution is 7.11. The van der Waals surface area contributed by atoms with E-state index in [1.165, 1.54) is 6.07 Å². The molecule has 1 heterocycles. The highest BCUT2D eigenvalue weighted by Crippen LogP contribution is 2.20. The molecule has 0 aliphatic rings. The third-order valence-corrected chi connectivity index (χ3v) is 2.29. The van der Waals surface area contributed by atoms with Crippen LogP contribution in [0.5, 0.6) is 0 Å². The van der Waals surface area contributed by atoms with Gasteiger partial charge in [-0.25, -0.2) is 0 Å². The molecule has 1 aromatic rings. The predicted molar refractivity (Wildman–Crippen MR) is 51.3 cm³/mol. The van der Waals surface area contributed by atoms with Crippen LogP contribution >= 0.6 is 11.3 Å². The second-order valence-corrected chi connectivity index (χ2v) is 3.19. The first kappa shape index (κ1) is 9.00. The third-order valence-electron chi connectivity index (χ3n) is 1.38. The Labute approximate surface area is 75.2 Å². The van der Waals surface area contributed by atoms with Gasteiger partial charge in [0.2, 0.25) is 0 Å². The summed E-state index contributed by atoms with van der Waals surface area (Å²) in [5.74, 6) is 0. The molecule has 1 N–H and O–H groups in total. The standard InChI is InChI=1S/C9H10FNS/c1-3-7(11-4-2)8-5-6-9(10)12-8/h3-6,11H,2H2,1H3/b7-3-. The minimum absolute atomic E-state index is 0.171. The van der Waals surface area contributed by atoms with Crippen molar-refractivity contribution >= 4 is 17.0 Å². The Balaban J connectivity index is 2.87. The largest absolute Gasteiger partial charge is 0.361 e. The minimum atomic E-state index is -0.171. The lowest BCUT2D eigenvalue weighted by molar-refractivity contribution is 0.657. The second kappa shape index (κ2) is 4.07. The number of nitrogens with one attached hydrogen (secondary N) is 1. The van der Waals surface area contributed by atoms with E-state index in [1.54, 1.807) is 12.3 Å². The maximum atomic E-state index is 12.6. The van der Waals surface area contributed by atoms with Gasteiger partial charge < -0.3 is 5.32 Å². The Bertz CT molecular complexity index is 301. The molecule has 0 fully saturated rings. The molecule has 12 heavy (non-hydrogen) atoms. The zero-order valence-corrected chi connectivity index (χ0v) is 7.62. The second-order valence-electron chi connectivity index (χ2n) is 2.15. The fourth-order valence-electron chi connectivity index (χ4n) is 0.866. The zero-order valence-electron chi connectivity index (χ0n) is 6.80. The number of allylic oxidation sites excluding steroid dienone is 1. The van der Waals surface area contributed by atoms with Gasteiger partial charge in [0, 0.05) is 0 Å². The molecule has 0 aliphatic heterocycles. The number of rotatable bonds is 3. The van der Waals surface area contributed by atoms with Gasteiger partial charge in [0.1, 0.15) is 0 Å². The molecule has 0 spiro atoms. The van der Waals surface area contributed by atoms with Crippen LogP contribution in [0.1, 0.15) is 11.8 Å². The van der Waals surface area contributed by atoms with Crippen molar-refractivity contribution in [3.05, 3.63) is 41.0 Å². The van der Waals surface area contributed by atoms with E-state index in [1.807, 2.05) is 13.0 Å². The fourth-order valence-corrected chi connectivity index (χ4v) is 1.63. The minimum Gasteiger partial charge on any atom is -0.361 e. The van der Waals surface area contributed by atoms with E-state index in [-0.39, 0.29) is 5.13 Å². The lowest BCUT2D eigenvalue weighted by Crippen LogP contribution is -2.00. The summed E-state index contributed by atoms with van der Waals surface area (Å²) in [6.07, 6.45) is 3.46. The van der Waals surface area contributed by atoms with E-state index in [0.29, 0.717) is 0 Å². The van der Waals surface area contributed by atoms with Crippen molar-refractivity contribution in [1.29, 1.82) is 0 Å². The van der Waals surface area contributed by atoms with Crippen molar-refractivity contribution in [3.8, 4) is 0 Å². The molecular weight excluding hydrogens is 173 g/mol. The van der Waals surface area contributed by atoms with Gasteiger partial charge >= 0.3 is 0 Å².